The first-order valence-corrected chi connectivity index (χ1v) is 7.58. The van der Waals surface area contributed by atoms with E-state index in [2.05, 4.69) is 41.7 Å². The molecule has 2 N–H and O–H groups in total. The molecular formula is C12H17Br2N3. The van der Waals surface area contributed by atoms with Gasteiger partial charge in [-0.15, -0.1) is 0 Å². The van der Waals surface area contributed by atoms with Crippen molar-refractivity contribution < 1.29 is 0 Å². The molecule has 0 amide bonds. The molecule has 0 radical (unpaired) electrons. The number of hydrogen-bond acceptors (Lipinski definition) is 3. The Bertz CT molecular complexity index is 378. The summed E-state index contributed by atoms with van der Waals surface area (Å²) in [4.78, 5) is 6.87. The molecule has 0 spiro atoms. The zero-order valence-electron chi connectivity index (χ0n) is 9.70. The van der Waals surface area contributed by atoms with Crippen LogP contribution in [0.15, 0.2) is 21.2 Å². The molecule has 0 bridgehead atoms. The van der Waals surface area contributed by atoms with E-state index >= 15 is 0 Å². The zero-order chi connectivity index (χ0) is 12.3. The Morgan fingerprint density at radius 3 is 2.65 bits per heavy atom. The van der Waals surface area contributed by atoms with Gasteiger partial charge in [0, 0.05) is 29.8 Å². The third-order valence-electron chi connectivity index (χ3n) is 3.20. The Hall–Kier alpha value is -0.130. The van der Waals surface area contributed by atoms with Crippen molar-refractivity contribution in [2.75, 3.05) is 18.0 Å². The number of anilines is 1. The van der Waals surface area contributed by atoms with E-state index in [1.165, 1.54) is 25.7 Å². The Balaban J connectivity index is 2.24. The summed E-state index contributed by atoms with van der Waals surface area (Å²) in [6, 6.07) is 2.64. The molecule has 5 heteroatoms. The SMILES string of the molecule is NCCN(c1ncc(Br)cc1Br)C1CCCC1. The highest BCUT2D eigenvalue weighted by molar-refractivity contribution is 9.11. The number of nitrogens with two attached hydrogens (primary N) is 1. The topological polar surface area (TPSA) is 42.1 Å². The van der Waals surface area contributed by atoms with E-state index in [9.17, 15) is 0 Å². The van der Waals surface area contributed by atoms with Crippen LogP contribution in [0.1, 0.15) is 25.7 Å². The molecule has 1 fully saturated rings. The zero-order valence-corrected chi connectivity index (χ0v) is 12.9. The fourth-order valence-corrected chi connectivity index (χ4v) is 3.65. The lowest BCUT2D eigenvalue weighted by Crippen LogP contribution is -2.38. The van der Waals surface area contributed by atoms with Crippen molar-refractivity contribution in [2.24, 2.45) is 5.73 Å². The summed E-state index contributed by atoms with van der Waals surface area (Å²) in [7, 11) is 0. The molecule has 1 saturated carbocycles. The number of halogens is 2. The van der Waals surface area contributed by atoms with E-state index in [-0.39, 0.29) is 0 Å². The Morgan fingerprint density at radius 1 is 1.35 bits per heavy atom. The average Bonchev–Trinajstić information content (AvgIpc) is 2.80. The summed E-state index contributed by atoms with van der Waals surface area (Å²) < 4.78 is 2.03. The number of nitrogens with zero attached hydrogens (tertiary/aromatic N) is 2. The Kier molecular flexibility index (Phi) is 4.82. The first kappa shape index (κ1) is 13.3. The van der Waals surface area contributed by atoms with Crippen molar-refractivity contribution in [1.29, 1.82) is 0 Å². The number of rotatable bonds is 4. The minimum absolute atomic E-state index is 0.600. The van der Waals surface area contributed by atoms with Gasteiger partial charge in [-0.05, 0) is 50.8 Å². The molecule has 0 saturated heterocycles. The lowest BCUT2D eigenvalue weighted by atomic mass is 10.2. The van der Waals surface area contributed by atoms with E-state index in [0.29, 0.717) is 12.6 Å². The van der Waals surface area contributed by atoms with Gasteiger partial charge in [-0.1, -0.05) is 12.8 Å². The van der Waals surface area contributed by atoms with E-state index in [1.54, 1.807) is 0 Å². The summed E-state index contributed by atoms with van der Waals surface area (Å²) in [6.07, 6.45) is 6.99. The van der Waals surface area contributed by atoms with Crippen LogP contribution in [0, 0.1) is 0 Å². The molecule has 0 aromatic carbocycles. The molecule has 17 heavy (non-hydrogen) atoms. The molecule has 3 nitrogen and oxygen atoms in total. The first-order valence-electron chi connectivity index (χ1n) is 6.00. The normalized spacial score (nSPS) is 16.4. The van der Waals surface area contributed by atoms with Crippen LogP contribution in [0.25, 0.3) is 0 Å². The van der Waals surface area contributed by atoms with Crippen molar-refractivity contribution >= 4 is 37.7 Å². The molecule has 0 unspecified atom stereocenters. The third kappa shape index (κ3) is 3.20. The predicted molar refractivity (Wildman–Crippen MR) is 78.3 cm³/mol. The third-order valence-corrected chi connectivity index (χ3v) is 4.21. The fourth-order valence-electron chi connectivity index (χ4n) is 2.44. The summed E-state index contributed by atoms with van der Waals surface area (Å²) in [5.74, 6) is 1.02. The van der Waals surface area contributed by atoms with Gasteiger partial charge in [-0.3, -0.25) is 0 Å². The van der Waals surface area contributed by atoms with Gasteiger partial charge >= 0.3 is 0 Å². The number of aromatic nitrogens is 1. The summed E-state index contributed by atoms with van der Waals surface area (Å²) in [5, 5.41) is 0. The smallest absolute Gasteiger partial charge is 0.143 e. The monoisotopic (exact) mass is 361 g/mol. The molecule has 1 aliphatic rings. The number of pyridine rings is 1. The second-order valence-corrected chi connectivity index (χ2v) is 6.15. The first-order chi connectivity index (χ1) is 8.22. The highest BCUT2D eigenvalue weighted by Gasteiger charge is 2.24. The van der Waals surface area contributed by atoms with Crippen LogP contribution in [0.2, 0.25) is 0 Å². The van der Waals surface area contributed by atoms with Crippen molar-refractivity contribution in [3.63, 3.8) is 0 Å². The van der Waals surface area contributed by atoms with Crippen LogP contribution in [0.5, 0.6) is 0 Å². The molecule has 1 aliphatic carbocycles. The van der Waals surface area contributed by atoms with Crippen molar-refractivity contribution in [3.05, 3.63) is 21.2 Å². The van der Waals surface area contributed by atoms with Crippen LogP contribution in [-0.2, 0) is 0 Å². The summed E-state index contributed by atoms with van der Waals surface area (Å²) >= 11 is 7.02. The second kappa shape index (κ2) is 6.16. The van der Waals surface area contributed by atoms with Crippen molar-refractivity contribution in [3.8, 4) is 0 Å². The summed E-state index contributed by atoms with van der Waals surface area (Å²) in [5.41, 5.74) is 5.72. The minimum atomic E-state index is 0.600. The van der Waals surface area contributed by atoms with Gasteiger partial charge < -0.3 is 10.6 Å². The highest BCUT2D eigenvalue weighted by Crippen LogP contribution is 2.32. The maximum atomic E-state index is 5.72. The standard InChI is InChI=1S/C12H17Br2N3/c13-9-7-11(14)12(16-8-9)17(6-5-15)10-3-1-2-4-10/h7-8,10H,1-6,15H2. The van der Waals surface area contributed by atoms with E-state index in [4.69, 9.17) is 5.73 Å². The maximum Gasteiger partial charge on any atom is 0.143 e. The van der Waals surface area contributed by atoms with Crippen LogP contribution in [-0.4, -0.2) is 24.1 Å². The quantitative estimate of drug-likeness (QED) is 0.893. The van der Waals surface area contributed by atoms with Gasteiger partial charge in [0.05, 0.1) is 4.47 Å². The second-order valence-electron chi connectivity index (χ2n) is 4.38. The average molecular weight is 363 g/mol. The highest BCUT2D eigenvalue weighted by atomic mass is 79.9. The molecule has 1 aromatic rings. The van der Waals surface area contributed by atoms with E-state index < -0.39 is 0 Å². The van der Waals surface area contributed by atoms with Gasteiger partial charge in [-0.25, -0.2) is 4.98 Å². The van der Waals surface area contributed by atoms with Crippen molar-refractivity contribution in [1.82, 2.24) is 4.98 Å². The van der Waals surface area contributed by atoms with Crippen LogP contribution in [0.3, 0.4) is 0 Å². The Morgan fingerprint density at radius 2 is 2.06 bits per heavy atom. The van der Waals surface area contributed by atoms with Crippen LogP contribution >= 0.6 is 31.9 Å². The van der Waals surface area contributed by atoms with Gasteiger partial charge in [0.15, 0.2) is 0 Å². The molecular weight excluding hydrogens is 346 g/mol. The minimum Gasteiger partial charge on any atom is -0.351 e. The number of hydrogen-bond donors (Lipinski definition) is 1. The van der Waals surface area contributed by atoms with Gasteiger partial charge in [-0.2, -0.15) is 0 Å². The largest absolute Gasteiger partial charge is 0.351 e. The summed E-state index contributed by atoms with van der Waals surface area (Å²) in [6.45, 7) is 1.54. The molecule has 0 atom stereocenters. The predicted octanol–water partition coefficient (Wildman–Crippen LogP) is 3.31. The lowest BCUT2D eigenvalue weighted by molar-refractivity contribution is 0.601. The maximum absolute atomic E-state index is 5.72. The molecule has 1 aromatic heterocycles. The van der Waals surface area contributed by atoms with Gasteiger partial charge in [0.1, 0.15) is 5.82 Å². The molecule has 94 valence electrons. The molecule has 2 rings (SSSR count). The Labute approximate surface area is 119 Å². The van der Waals surface area contributed by atoms with Crippen molar-refractivity contribution in [2.45, 2.75) is 31.7 Å². The van der Waals surface area contributed by atoms with Gasteiger partial charge in [0.2, 0.25) is 0 Å². The van der Waals surface area contributed by atoms with Crippen LogP contribution in [0.4, 0.5) is 5.82 Å². The fraction of sp³-hybridized carbons (Fsp3) is 0.583. The molecule has 0 aliphatic heterocycles. The van der Waals surface area contributed by atoms with E-state index in [0.717, 1.165) is 21.3 Å². The lowest BCUT2D eigenvalue weighted by Gasteiger charge is -2.30. The molecule has 1 heterocycles. The van der Waals surface area contributed by atoms with Gasteiger partial charge in [0.25, 0.3) is 0 Å². The van der Waals surface area contributed by atoms with Crippen LogP contribution < -0.4 is 10.6 Å². The van der Waals surface area contributed by atoms with E-state index in [1.807, 2.05) is 12.3 Å².